The van der Waals surface area contributed by atoms with Crippen molar-refractivity contribution in [3.05, 3.63) is 53.1 Å². The van der Waals surface area contributed by atoms with Gasteiger partial charge in [0, 0.05) is 5.69 Å². The summed E-state index contributed by atoms with van der Waals surface area (Å²) in [5.41, 5.74) is 8.37. The Labute approximate surface area is 157 Å². The van der Waals surface area contributed by atoms with Crippen LogP contribution in [0.3, 0.4) is 0 Å². The van der Waals surface area contributed by atoms with Gasteiger partial charge in [-0.15, -0.1) is 0 Å². The van der Waals surface area contributed by atoms with E-state index >= 15 is 0 Å². The minimum absolute atomic E-state index is 0.0410. The monoisotopic (exact) mass is 368 g/mol. The van der Waals surface area contributed by atoms with Crippen LogP contribution in [0.4, 0.5) is 11.4 Å². The molecule has 3 N–H and O–H groups in total. The predicted octanol–water partition coefficient (Wildman–Crippen LogP) is 3.34. The molecule has 1 aliphatic rings. The van der Waals surface area contributed by atoms with Crippen LogP contribution in [0.25, 0.3) is 0 Å². The van der Waals surface area contributed by atoms with E-state index in [0.29, 0.717) is 16.5 Å². The third-order valence-corrected chi connectivity index (χ3v) is 4.40. The summed E-state index contributed by atoms with van der Waals surface area (Å²) in [5.74, 6) is 0.488. The molecule has 7 heteroatoms. The van der Waals surface area contributed by atoms with E-state index in [0.717, 1.165) is 22.5 Å². The molecular formula is C19H20N4O2S. The Hall–Kier alpha value is -2.93. The molecule has 0 atom stereocenters. The molecule has 0 saturated heterocycles. The second-order valence-corrected chi connectivity index (χ2v) is 6.47. The lowest BCUT2D eigenvalue weighted by molar-refractivity contribution is -0.118. The molecule has 3 rings (SSSR count). The molecule has 0 aliphatic carbocycles. The SMILES string of the molecule is C/C(=N/NC(=S)Nc1cccc(C)c1C)c1ccc2c(c1)NC(=O)CO2. The van der Waals surface area contributed by atoms with Crippen molar-refractivity contribution in [1.82, 2.24) is 5.43 Å². The van der Waals surface area contributed by atoms with Crippen molar-refractivity contribution >= 4 is 40.3 Å². The van der Waals surface area contributed by atoms with E-state index in [1.807, 2.05) is 44.2 Å². The van der Waals surface area contributed by atoms with Gasteiger partial charge in [-0.25, -0.2) is 0 Å². The number of anilines is 2. The number of hydrogen-bond donors (Lipinski definition) is 3. The number of nitrogens with zero attached hydrogens (tertiary/aromatic N) is 1. The first kappa shape index (κ1) is 17.9. The second-order valence-electron chi connectivity index (χ2n) is 6.06. The maximum Gasteiger partial charge on any atom is 0.262 e. The number of hydrogen-bond acceptors (Lipinski definition) is 4. The smallest absolute Gasteiger partial charge is 0.262 e. The van der Waals surface area contributed by atoms with Crippen molar-refractivity contribution in [1.29, 1.82) is 0 Å². The number of aryl methyl sites for hydroxylation is 1. The van der Waals surface area contributed by atoms with Gasteiger partial charge in [0.25, 0.3) is 5.91 Å². The first-order valence-electron chi connectivity index (χ1n) is 8.18. The number of carbonyl (C=O) groups is 1. The fraction of sp³-hybridized carbons (Fsp3) is 0.211. The van der Waals surface area contributed by atoms with Crippen molar-refractivity contribution in [2.75, 3.05) is 17.2 Å². The third-order valence-electron chi connectivity index (χ3n) is 4.21. The summed E-state index contributed by atoms with van der Waals surface area (Å²) in [4.78, 5) is 11.4. The Morgan fingerprint density at radius 2 is 2.08 bits per heavy atom. The van der Waals surface area contributed by atoms with Crippen LogP contribution in [0, 0.1) is 13.8 Å². The number of carbonyl (C=O) groups excluding carboxylic acids is 1. The first-order chi connectivity index (χ1) is 12.4. The van der Waals surface area contributed by atoms with Crippen molar-refractivity contribution < 1.29 is 9.53 Å². The van der Waals surface area contributed by atoms with E-state index in [9.17, 15) is 4.79 Å². The Kier molecular flexibility index (Phi) is 5.18. The summed E-state index contributed by atoms with van der Waals surface area (Å²) in [6.07, 6.45) is 0. The van der Waals surface area contributed by atoms with Gasteiger partial charge in [-0.1, -0.05) is 12.1 Å². The van der Waals surface area contributed by atoms with Crippen LogP contribution in [0.2, 0.25) is 0 Å². The lowest BCUT2D eigenvalue weighted by Gasteiger charge is -2.18. The molecule has 2 aromatic rings. The molecule has 0 bridgehead atoms. The molecule has 0 spiro atoms. The molecule has 0 fully saturated rings. The number of fused-ring (bicyclic) bond motifs is 1. The molecule has 0 radical (unpaired) electrons. The molecule has 1 amide bonds. The summed E-state index contributed by atoms with van der Waals surface area (Å²) in [6, 6.07) is 11.5. The summed E-state index contributed by atoms with van der Waals surface area (Å²) >= 11 is 5.31. The molecule has 1 heterocycles. The summed E-state index contributed by atoms with van der Waals surface area (Å²) < 4.78 is 5.36. The molecule has 0 saturated carbocycles. The molecular weight excluding hydrogens is 348 g/mol. The maximum atomic E-state index is 11.4. The highest BCUT2D eigenvalue weighted by atomic mass is 32.1. The van der Waals surface area contributed by atoms with E-state index in [4.69, 9.17) is 17.0 Å². The maximum absolute atomic E-state index is 11.4. The first-order valence-corrected chi connectivity index (χ1v) is 8.59. The van der Waals surface area contributed by atoms with Crippen molar-refractivity contribution in [2.24, 2.45) is 5.10 Å². The summed E-state index contributed by atoms with van der Waals surface area (Å²) in [7, 11) is 0. The van der Waals surface area contributed by atoms with E-state index < -0.39 is 0 Å². The summed E-state index contributed by atoms with van der Waals surface area (Å²) in [6.45, 7) is 6.00. The van der Waals surface area contributed by atoms with Gasteiger partial charge in [-0.2, -0.15) is 5.10 Å². The van der Waals surface area contributed by atoms with Crippen molar-refractivity contribution in [2.45, 2.75) is 20.8 Å². The van der Waals surface area contributed by atoms with Gasteiger partial charge in [0.15, 0.2) is 11.7 Å². The molecule has 2 aromatic carbocycles. The number of ether oxygens (including phenoxy) is 1. The van der Waals surface area contributed by atoms with E-state index in [1.54, 1.807) is 0 Å². The van der Waals surface area contributed by atoms with Gasteiger partial charge in [-0.05, 0) is 73.9 Å². The van der Waals surface area contributed by atoms with Crippen LogP contribution in [-0.2, 0) is 4.79 Å². The lowest BCUT2D eigenvalue weighted by Crippen LogP contribution is -2.26. The lowest BCUT2D eigenvalue weighted by atomic mass is 10.1. The van der Waals surface area contributed by atoms with E-state index in [-0.39, 0.29) is 12.5 Å². The zero-order valence-corrected chi connectivity index (χ0v) is 15.7. The van der Waals surface area contributed by atoms with Gasteiger partial charge in [0.2, 0.25) is 0 Å². The molecule has 6 nitrogen and oxygen atoms in total. The van der Waals surface area contributed by atoms with Crippen molar-refractivity contribution in [3.63, 3.8) is 0 Å². The zero-order chi connectivity index (χ0) is 18.7. The minimum Gasteiger partial charge on any atom is -0.482 e. The standard InChI is InChI=1S/C19H20N4O2S/c1-11-5-4-6-15(12(11)2)21-19(26)23-22-13(3)14-7-8-17-16(9-14)20-18(24)10-25-17/h4-9H,10H2,1-3H3,(H,20,24)(H2,21,23,26)/b22-13-. The molecule has 0 unspecified atom stereocenters. The fourth-order valence-corrected chi connectivity index (χ4v) is 2.70. The Morgan fingerprint density at radius 1 is 1.27 bits per heavy atom. The van der Waals surface area contributed by atoms with Crippen molar-refractivity contribution in [3.8, 4) is 5.75 Å². The normalized spacial score (nSPS) is 13.3. The minimum atomic E-state index is -0.165. The van der Waals surface area contributed by atoms with Gasteiger partial charge in [-0.3, -0.25) is 10.2 Å². The van der Waals surface area contributed by atoms with Crippen LogP contribution in [0.1, 0.15) is 23.6 Å². The number of amides is 1. The van der Waals surface area contributed by atoms with Gasteiger partial charge in [0.05, 0.1) is 11.4 Å². The highest BCUT2D eigenvalue weighted by Gasteiger charge is 2.16. The number of hydrazone groups is 1. The molecule has 1 aliphatic heterocycles. The molecule has 26 heavy (non-hydrogen) atoms. The number of thiocarbonyl (C=S) groups is 1. The highest BCUT2D eigenvalue weighted by Crippen LogP contribution is 2.28. The third kappa shape index (κ3) is 4.00. The van der Waals surface area contributed by atoms with Gasteiger partial charge >= 0.3 is 0 Å². The predicted molar refractivity (Wildman–Crippen MR) is 108 cm³/mol. The molecule has 134 valence electrons. The van der Waals surface area contributed by atoms with Gasteiger partial charge in [0.1, 0.15) is 5.75 Å². The Balaban J connectivity index is 1.68. The average Bonchev–Trinajstić information content (AvgIpc) is 2.63. The number of benzene rings is 2. The number of rotatable bonds is 3. The Bertz CT molecular complexity index is 908. The Morgan fingerprint density at radius 3 is 2.88 bits per heavy atom. The summed E-state index contributed by atoms with van der Waals surface area (Å²) in [5, 5.41) is 10.7. The van der Waals surface area contributed by atoms with Crippen LogP contribution in [0.5, 0.6) is 5.75 Å². The highest BCUT2D eigenvalue weighted by molar-refractivity contribution is 7.80. The second kappa shape index (κ2) is 7.53. The van der Waals surface area contributed by atoms with E-state index in [2.05, 4.69) is 34.2 Å². The zero-order valence-electron chi connectivity index (χ0n) is 14.8. The quantitative estimate of drug-likeness (QED) is 0.440. The van der Waals surface area contributed by atoms with Crippen LogP contribution >= 0.6 is 12.2 Å². The van der Waals surface area contributed by atoms with Gasteiger partial charge < -0.3 is 15.4 Å². The van der Waals surface area contributed by atoms with Crippen LogP contribution in [-0.4, -0.2) is 23.3 Å². The van der Waals surface area contributed by atoms with E-state index in [1.165, 1.54) is 5.56 Å². The number of nitrogens with one attached hydrogen (secondary N) is 3. The topological polar surface area (TPSA) is 74.8 Å². The largest absolute Gasteiger partial charge is 0.482 e. The fourth-order valence-electron chi connectivity index (χ4n) is 2.54. The average molecular weight is 368 g/mol. The van der Waals surface area contributed by atoms with Crippen LogP contribution in [0.15, 0.2) is 41.5 Å². The molecule has 0 aromatic heterocycles. The van der Waals surface area contributed by atoms with Crippen LogP contribution < -0.4 is 20.8 Å².